The maximum absolute atomic E-state index is 12.8. The highest BCUT2D eigenvalue weighted by Crippen LogP contribution is 2.34. The van der Waals surface area contributed by atoms with Gasteiger partial charge in [0.05, 0.1) is 6.04 Å². The van der Waals surface area contributed by atoms with E-state index in [0.29, 0.717) is 11.5 Å². The summed E-state index contributed by atoms with van der Waals surface area (Å²) >= 11 is 0. The van der Waals surface area contributed by atoms with Gasteiger partial charge in [0.2, 0.25) is 6.10 Å². The van der Waals surface area contributed by atoms with Crippen molar-refractivity contribution < 1.29 is 14.3 Å². The summed E-state index contributed by atoms with van der Waals surface area (Å²) in [6.07, 6.45) is 2.17. The summed E-state index contributed by atoms with van der Waals surface area (Å²) < 4.78 is 11.7. The van der Waals surface area contributed by atoms with Crippen molar-refractivity contribution in [3.05, 3.63) is 59.7 Å². The lowest BCUT2D eigenvalue weighted by atomic mass is 9.87. The summed E-state index contributed by atoms with van der Waals surface area (Å²) in [5.74, 6) is 1.20. The van der Waals surface area contributed by atoms with Crippen molar-refractivity contribution >= 4 is 5.91 Å². The van der Waals surface area contributed by atoms with E-state index in [4.69, 9.17) is 9.47 Å². The average Bonchev–Trinajstić information content (AvgIpc) is 2.61. The van der Waals surface area contributed by atoms with E-state index in [1.807, 2.05) is 37.3 Å². The summed E-state index contributed by atoms with van der Waals surface area (Å²) in [4.78, 5) is 12.8. The van der Waals surface area contributed by atoms with E-state index in [9.17, 15) is 4.79 Å². The second-order valence-corrected chi connectivity index (χ2v) is 6.46. The number of rotatable bonds is 2. The van der Waals surface area contributed by atoms with Crippen LogP contribution < -0.4 is 14.8 Å². The van der Waals surface area contributed by atoms with Crippen LogP contribution in [0, 0.1) is 0 Å². The molecule has 1 aliphatic carbocycles. The number of benzene rings is 2. The fourth-order valence-corrected chi connectivity index (χ4v) is 3.56. The maximum Gasteiger partial charge on any atom is 0.265 e. The van der Waals surface area contributed by atoms with Gasteiger partial charge < -0.3 is 14.8 Å². The molecule has 0 bridgehead atoms. The van der Waals surface area contributed by atoms with E-state index in [0.717, 1.165) is 19.3 Å². The van der Waals surface area contributed by atoms with Gasteiger partial charge in [-0.3, -0.25) is 4.79 Å². The fraction of sp³-hybridized carbons (Fsp3) is 0.350. The Hall–Kier alpha value is -2.49. The van der Waals surface area contributed by atoms with Gasteiger partial charge in [0.25, 0.3) is 5.91 Å². The number of para-hydroxylation sites is 2. The molecule has 2 aliphatic rings. The molecule has 1 amide bonds. The number of carbonyl (C=O) groups excluding carboxylic acids is 1. The molecule has 2 aromatic carbocycles. The molecule has 0 saturated heterocycles. The highest BCUT2D eigenvalue weighted by atomic mass is 16.6. The summed E-state index contributed by atoms with van der Waals surface area (Å²) in [5, 5.41) is 3.16. The molecule has 0 radical (unpaired) electrons. The molecule has 0 saturated carbocycles. The van der Waals surface area contributed by atoms with Gasteiger partial charge in [-0.1, -0.05) is 36.4 Å². The van der Waals surface area contributed by atoms with Crippen LogP contribution in [0.15, 0.2) is 48.5 Å². The van der Waals surface area contributed by atoms with Gasteiger partial charge in [-0.05, 0) is 49.4 Å². The molecule has 24 heavy (non-hydrogen) atoms. The second-order valence-electron chi connectivity index (χ2n) is 6.46. The summed E-state index contributed by atoms with van der Waals surface area (Å²) in [5.41, 5.74) is 2.55. The molecule has 0 spiro atoms. The van der Waals surface area contributed by atoms with Crippen LogP contribution in [0.3, 0.4) is 0 Å². The molecular formula is C20H21NO3. The van der Waals surface area contributed by atoms with Gasteiger partial charge in [0.1, 0.15) is 6.10 Å². The molecule has 1 heterocycles. The van der Waals surface area contributed by atoms with E-state index < -0.39 is 6.10 Å². The van der Waals surface area contributed by atoms with Gasteiger partial charge in [0, 0.05) is 0 Å². The summed E-state index contributed by atoms with van der Waals surface area (Å²) in [7, 11) is 0. The molecule has 3 atom stereocenters. The predicted molar refractivity (Wildman–Crippen MR) is 91.2 cm³/mol. The molecule has 0 fully saturated rings. The Balaban J connectivity index is 1.51. The van der Waals surface area contributed by atoms with Gasteiger partial charge in [-0.2, -0.15) is 0 Å². The van der Waals surface area contributed by atoms with Crippen LogP contribution in [0.2, 0.25) is 0 Å². The van der Waals surface area contributed by atoms with Crippen LogP contribution in [-0.2, 0) is 11.2 Å². The quantitative estimate of drug-likeness (QED) is 0.921. The van der Waals surface area contributed by atoms with Gasteiger partial charge >= 0.3 is 0 Å². The van der Waals surface area contributed by atoms with Gasteiger partial charge in [-0.15, -0.1) is 0 Å². The average molecular weight is 323 g/mol. The molecule has 2 aromatic rings. The smallest absolute Gasteiger partial charge is 0.265 e. The van der Waals surface area contributed by atoms with Crippen LogP contribution in [0.25, 0.3) is 0 Å². The number of aryl methyl sites for hydroxylation is 1. The number of fused-ring (bicyclic) bond motifs is 2. The molecule has 4 nitrogen and oxygen atoms in total. The molecule has 4 rings (SSSR count). The first-order chi connectivity index (χ1) is 11.7. The lowest BCUT2D eigenvalue weighted by molar-refractivity contribution is -0.134. The number of ether oxygens (including phenoxy) is 2. The van der Waals surface area contributed by atoms with Crippen molar-refractivity contribution in [2.75, 3.05) is 0 Å². The van der Waals surface area contributed by atoms with E-state index >= 15 is 0 Å². The summed E-state index contributed by atoms with van der Waals surface area (Å²) in [6, 6.07) is 15.9. The molecule has 124 valence electrons. The lowest BCUT2D eigenvalue weighted by Gasteiger charge is -2.33. The molecule has 4 heteroatoms. The maximum atomic E-state index is 12.8. The monoisotopic (exact) mass is 323 g/mol. The van der Waals surface area contributed by atoms with Crippen LogP contribution in [0.1, 0.15) is 36.9 Å². The van der Waals surface area contributed by atoms with Crippen molar-refractivity contribution in [1.29, 1.82) is 0 Å². The molecular weight excluding hydrogens is 302 g/mol. The molecule has 1 aliphatic heterocycles. The predicted octanol–water partition coefficient (Wildman–Crippen LogP) is 3.41. The third-order valence-corrected chi connectivity index (χ3v) is 4.79. The van der Waals surface area contributed by atoms with Gasteiger partial charge in [-0.25, -0.2) is 0 Å². The van der Waals surface area contributed by atoms with Crippen molar-refractivity contribution in [1.82, 2.24) is 5.32 Å². The molecule has 1 N–H and O–H groups in total. The SMILES string of the molecule is C[C@@H]1Oc2ccccc2O[C@@H]1C(=O)N[C@H]1CCCc2ccccc21. The Morgan fingerprint density at radius 2 is 1.75 bits per heavy atom. The minimum atomic E-state index is -0.631. The van der Waals surface area contributed by atoms with Crippen molar-refractivity contribution in [3.63, 3.8) is 0 Å². The van der Waals surface area contributed by atoms with Crippen molar-refractivity contribution in [3.8, 4) is 11.5 Å². The summed E-state index contributed by atoms with van der Waals surface area (Å²) in [6.45, 7) is 1.87. The van der Waals surface area contributed by atoms with Crippen LogP contribution in [0.4, 0.5) is 0 Å². The normalized spacial score (nSPS) is 24.8. The highest BCUT2D eigenvalue weighted by molar-refractivity contribution is 5.82. The first kappa shape index (κ1) is 15.1. The first-order valence-electron chi connectivity index (χ1n) is 8.53. The zero-order valence-electron chi connectivity index (χ0n) is 13.7. The number of nitrogens with one attached hydrogen (secondary N) is 1. The van der Waals surface area contributed by atoms with E-state index in [2.05, 4.69) is 23.5 Å². The third-order valence-electron chi connectivity index (χ3n) is 4.79. The van der Waals surface area contributed by atoms with Crippen molar-refractivity contribution in [2.24, 2.45) is 0 Å². The second kappa shape index (κ2) is 6.19. The number of carbonyl (C=O) groups is 1. The Bertz CT molecular complexity index is 758. The number of hydrogen-bond donors (Lipinski definition) is 1. The van der Waals surface area contributed by atoms with E-state index in [-0.39, 0.29) is 18.1 Å². The Labute approximate surface area is 141 Å². The highest BCUT2D eigenvalue weighted by Gasteiger charge is 2.35. The first-order valence-corrected chi connectivity index (χ1v) is 8.53. The minimum Gasteiger partial charge on any atom is -0.482 e. The van der Waals surface area contributed by atoms with Gasteiger partial charge in [0.15, 0.2) is 11.5 Å². The zero-order valence-corrected chi connectivity index (χ0v) is 13.7. The largest absolute Gasteiger partial charge is 0.482 e. The number of hydrogen-bond acceptors (Lipinski definition) is 3. The minimum absolute atomic E-state index is 0.0513. The number of amides is 1. The molecule has 0 aromatic heterocycles. The fourth-order valence-electron chi connectivity index (χ4n) is 3.56. The lowest BCUT2D eigenvalue weighted by Crippen LogP contribution is -2.50. The Morgan fingerprint density at radius 1 is 1.04 bits per heavy atom. The standard InChI is InChI=1S/C20H21NO3/c1-13-19(24-18-12-5-4-11-17(18)23-13)20(22)21-16-10-6-8-14-7-2-3-9-15(14)16/h2-5,7,9,11-13,16,19H,6,8,10H2,1H3,(H,21,22)/t13-,16-,19-/m0/s1. The Kier molecular flexibility index (Phi) is 3.89. The Morgan fingerprint density at radius 3 is 2.58 bits per heavy atom. The van der Waals surface area contributed by atoms with Crippen LogP contribution in [0.5, 0.6) is 11.5 Å². The van der Waals surface area contributed by atoms with E-state index in [1.54, 1.807) is 0 Å². The van der Waals surface area contributed by atoms with E-state index in [1.165, 1.54) is 11.1 Å². The topological polar surface area (TPSA) is 47.6 Å². The molecule has 0 unspecified atom stereocenters. The zero-order chi connectivity index (χ0) is 16.5. The van der Waals surface area contributed by atoms with Crippen LogP contribution in [-0.4, -0.2) is 18.1 Å². The van der Waals surface area contributed by atoms with Crippen LogP contribution >= 0.6 is 0 Å². The van der Waals surface area contributed by atoms with Crippen molar-refractivity contribution in [2.45, 2.75) is 44.4 Å². The third kappa shape index (κ3) is 2.73.